The van der Waals surface area contributed by atoms with Crippen LogP contribution in [0.2, 0.25) is 10.0 Å². The standard InChI is InChI=1S/C26H30Cl2N4O3.C2HF3O2/c1-17(33)31-12-7-19(8-13-31)26(35)32-14-9-24(30(2)25(34)18-5-10-29-11-6-18)21(16-32)20-3-4-22(27)23(28)15-20;3-2(4,5)1(6)7/h3-6,10-11,15,19,21,24H,7-9,12-14,16H2,1-2H3;(H,6,7). The first-order chi connectivity index (χ1) is 19.7. The minimum Gasteiger partial charge on any atom is -0.475 e. The van der Waals surface area contributed by atoms with E-state index in [-0.39, 0.29) is 35.6 Å². The fourth-order valence-electron chi connectivity index (χ4n) is 5.22. The zero-order chi connectivity index (χ0) is 31.2. The Kier molecular flexibility index (Phi) is 11.2. The highest BCUT2D eigenvalue weighted by atomic mass is 35.5. The minimum atomic E-state index is -5.08. The first-order valence-electron chi connectivity index (χ1n) is 13.2. The molecule has 2 atom stereocenters. The van der Waals surface area contributed by atoms with Crippen molar-refractivity contribution in [2.75, 3.05) is 33.2 Å². The van der Waals surface area contributed by atoms with Crippen molar-refractivity contribution < 1.29 is 37.5 Å². The number of aromatic nitrogens is 1. The smallest absolute Gasteiger partial charge is 0.475 e. The van der Waals surface area contributed by atoms with Crippen LogP contribution < -0.4 is 0 Å². The van der Waals surface area contributed by atoms with Gasteiger partial charge in [0.2, 0.25) is 11.8 Å². The topological polar surface area (TPSA) is 111 Å². The Morgan fingerprint density at radius 2 is 1.52 bits per heavy atom. The van der Waals surface area contributed by atoms with E-state index in [1.165, 1.54) is 0 Å². The average Bonchev–Trinajstić information content (AvgIpc) is 2.97. The molecule has 2 aliphatic rings. The number of rotatable bonds is 4. The number of hydrogen-bond donors (Lipinski definition) is 1. The van der Waals surface area contributed by atoms with Gasteiger partial charge < -0.3 is 19.8 Å². The second-order valence-corrected chi connectivity index (χ2v) is 11.0. The van der Waals surface area contributed by atoms with E-state index in [0.717, 1.165) is 5.56 Å². The van der Waals surface area contributed by atoms with Crippen molar-refractivity contribution in [3.8, 4) is 0 Å². The maximum Gasteiger partial charge on any atom is 0.490 e. The van der Waals surface area contributed by atoms with Crippen LogP contribution in [0.3, 0.4) is 0 Å². The molecule has 4 rings (SSSR count). The number of carboxylic acids is 1. The number of piperidine rings is 2. The number of carbonyl (C=O) groups excluding carboxylic acids is 3. The number of carbonyl (C=O) groups is 4. The highest BCUT2D eigenvalue weighted by Gasteiger charge is 2.39. The van der Waals surface area contributed by atoms with Crippen LogP contribution in [0, 0.1) is 5.92 Å². The normalized spacial score (nSPS) is 19.4. The zero-order valence-corrected chi connectivity index (χ0v) is 24.5. The molecule has 3 heterocycles. The lowest BCUT2D eigenvalue weighted by molar-refractivity contribution is -0.192. The van der Waals surface area contributed by atoms with Gasteiger partial charge in [-0.05, 0) is 49.1 Å². The van der Waals surface area contributed by atoms with Crippen molar-refractivity contribution in [1.29, 1.82) is 0 Å². The van der Waals surface area contributed by atoms with Crippen molar-refractivity contribution in [1.82, 2.24) is 19.7 Å². The maximum atomic E-state index is 13.4. The number of carboxylic acid groups (broad SMARTS) is 1. The Morgan fingerprint density at radius 1 is 0.952 bits per heavy atom. The van der Waals surface area contributed by atoms with Crippen LogP contribution >= 0.6 is 23.2 Å². The average molecular weight is 631 g/mol. The van der Waals surface area contributed by atoms with Gasteiger partial charge in [0.05, 0.1) is 10.0 Å². The van der Waals surface area contributed by atoms with Gasteiger partial charge in [0, 0.05) is 76.0 Å². The molecule has 0 saturated carbocycles. The second kappa shape index (κ2) is 14.2. The van der Waals surface area contributed by atoms with E-state index in [2.05, 4.69) is 4.98 Å². The molecule has 2 unspecified atom stereocenters. The molecule has 9 nitrogen and oxygen atoms in total. The molecule has 1 N–H and O–H groups in total. The zero-order valence-electron chi connectivity index (χ0n) is 23.0. The van der Waals surface area contributed by atoms with E-state index in [1.54, 1.807) is 47.3 Å². The predicted octanol–water partition coefficient (Wildman–Crippen LogP) is 4.74. The molecule has 3 amide bonds. The highest BCUT2D eigenvalue weighted by Crippen LogP contribution is 2.35. The Bertz CT molecular complexity index is 1290. The van der Waals surface area contributed by atoms with Gasteiger partial charge in [-0.15, -0.1) is 0 Å². The monoisotopic (exact) mass is 630 g/mol. The van der Waals surface area contributed by atoms with Crippen LogP contribution in [0.5, 0.6) is 0 Å². The Labute approximate surface area is 251 Å². The molecule has 228 valence electrons. The van der Waals surface area contributed by atoms with Gasteiger partial charge in [-0.2, -0.15) is 13.2 Å². The summed E-state index contributed by atoms with van der Waals surface area (Å²) in [5.41, 5.74) is 1.52. The number of likely N-dealkylation sites (N-methyl/N-ethyl adjacent to an activating group) is 1. The molecule has 2 aliphatic heterocycles. The summed E-state index contributed by atoms with van der Waals surface area (Å²) in [6.45, 7) is 3.85. The number of likely N-dealkylation sites (tertiary alicyclic amines) is 2. The van der Waals surface area contributed by atoms with Gasteiger partial charge in [-0.25, -0.2) is 4.79 Å². The van der Waals surface area contributed by atoms with Gasteiger partial charge in [0.25, 0.3) is 5.91 Å². The summed E-state index contributed by atoms with van der Waals surface area (Å²) in [5, 5.41) is 8.04. The number of nitrogens with zero attached hydrogens (tertiary/aromatic N) is 4. The van der Waals surface area contributed by atoms with Gasteiger partial charge >= 0.3 is 12.1 Å². The predicted molar refractivity (Wildman–Crippen MR) is 149 cm³/mol. The van der Waals surface area contributed by atoms with Crippen molar-refractivity contribution in [2.24, 2.45) is 5.92 Å². The summed E-state index contributed by atoms with van der Waals surface area (Å²) >= 11 is 12.5. The summed E-state index contributed by atoms with van der Waals surface area (Å²) < 4.78 is 31.7. The molecule has 0 bridgehead atoms. The molecule has 2 saturated heterocycles. The molecule has 2 fully saturated rings. The van der Waals surface area contributed by atoms with E-state index in [4.69, 9.17) is 33.1 Å². The molecule has 0 spiro atoms. The molecule has 42 heavy (non-hydrogen) atoms. The summed E-state index contributed by atoms with van der Waals surface area (Å²) in [6, 6.07) is 8.83. The van der Waals surface area contributed by atoms with E-state index in [1.807, 2.05) is 24.1 Å². The third kappa shape index (κ3) is 8.34. The molecule has 2 aromatic rings. The third-order valence-corrected chi connectivity index (χ3v) is 8.28. The molecule has 1 aromatic carbocycles. The van der Waals surface area contributed by atoms with Crippen LogP contribution in [0.15, 0.2) is 42.7 Å². The van der Waals surface area contributed by atoms with Crippen molar-refractivity contribution in [2.45, 2.75) is 44.3 Å². The third-order valence-electron chi connectivity index (χ3n) is 7.54. The quantitative estimate of drug-likeness (QED) is 0.523. The number of hydrogen-bond acceptors (Lipinski definition) is 5. The Hall–Kier alpha value is -3.38. The Balaban J connectivity index is 0.000000616. The minimum absolute atomic E-state index is 0.0540. The lowest BCUT2D eigenvalue weighted by Crippen LogP contribution is -2.53. The van der Waals surface area contributed by atoms with E-state index >= 15 is 0 Å². The second-order valence-electron chi connectivity index (χ2n) is 10.2. The van der Waals surface area contributed by atoms with Gasteiger partial charge in [-0.1, -0.05) is 29.3 Å². The fraction of sp³-hybridized carbons (Fsp3) is 0.464. The van der Waals surface area contributed by atoms with Crippen molar-refractivity contribution >= 4 is 46.9 Å². The maximum absolute atomic E-state index is 13.4. The van der Waals surface area contributed by atoms with Crippen LogP contribution in [-0.4, -0.2) is 93.9 Å². The van der Waals surface area contributed by atoms with Gasteiger partial charge in [0.1, 0.15) is 0 Å². The fourth-order valence-corrected chi connectivity index (χ4v) is 5.53. The van der Waals surface area contributed by atoms with Crippen LogP contribution in [0.1, 0.15) is 48.0 Å². The number of alkyl halides is 3. The first-order valence-corrected chi connectivity index (χ1v) is 13.9. The SMILES string of the molecule is CC(=O)N1CCC(C(=O)N2CCC(N(C)C(=O)c3ccncc3)C(c3ccc(Cl)c(Cl)c3)C2)CC1.O=C(O)C(F)(F)F. The number of amides is 3. The molecule has 0 aliphatic carbocycles. The van der Waals surface area contributed by atoms with Crippen molar-refractivity contribution in [3.05, 3.63) is 63.9 Å². The largest absolute Gasteiger partial charge is 0.490 e. The summed E-state index contributed by atoms with van der Waals surface area (Å²) in [7, 11) is 1.81. The lowest BCUT2D eigenvalue weighted by Gasteiger charge is -2.44. The van der Waals surface area contributed by atoms with E-state index < -0.39 is 12.1 Å². The van der Waals surface area contributed by atoms with E-state index in [0.29, 0.717) is 61.1 Å². The number of halogens is 5. The van der Waals surface area contributed by atoms with Gasteiger partial charge in [-0.3, -0.25) is 19.4 Å². The van der Waals surface area contributed by atoms with Gasteiger partial charge in [0.15, 0.2) is 0 Å². The van der Waals surface area contributed by atoms with Crippen LogP contribution in [-0.2, 0) is 14.4 Å². The number of aliphatic carboxylic acids is 1. The Morgan fingerprint density at radius 3 is 2.05 bits per heavy atom. The molecular formula is C28H31Cl2F3N4O5. The first kappa shape index (κ1) is 33.1. The molecule has 0 radical (unpaired) electrons. The summed E-state index contributed by atoms with van der Waals surface area (Å²) in [5.74, 6) is -2.87. The summed E-state index contributed by atoms with van der Waals surface area (Å²) in [4.78, 5) is 56.7. The lowest BCUT2D eigenvalue weighted by atomic mass is 9.83. The number of pyridine rings is 1. The molecular weight excluding hydrogens is 600 g/mol. The number of benzene rings is 1. The molecule has 1 aromatic heterocycles. The van der Waals surface area contributed by atoms with Crippen LogP contribution in [0.4, 0.5) is 13.2 Å². The van der Waals surface area contributed by atoms with Crippen LogP contribution in [0.25, 0.3) is 0 Å². The highest BCUT2D eigenvalue weighted by molar-refractivity contribution is 6.42. The summed E-state index contributed by atoms with van der Waals surface area (Å²) in [6.07, 6.45) is 0.134. The molecule has 14 heteroatoms. The van der Waals surface area contributed by atoms with Crippen molar-refractivity contribution in [3.63, 3.8) is 0 Å². The van der Waals surface area contributed by atoms with E-state index in [9.17, 15) is 27.6 Å².